The van der Waals surface area contributed by atoms with E-state index in [9.17, 15) is 9.18 Å². The molecule has 28 heavy (non-hydrogen) atoms. The van der Waals surface area contributed by atoms with Gasteiger partial charge in [0.25, 0.3) is 0 Å². The molecule has 1 aliphatic rings. The molecule has 0 bridgehead atoms. The number of halogens is 2. The zero-order chi connectivity index (χ0) is 19.9. The largest absolute Gasteiger partial charge is 0.450 e. The molecule has 0 aliphatic carbocycles. The van der Waals surface area contributed by atoms with Crippen LogP contribution in [-0.4, -0.2) is 48.7 Å². The molecule has 0 spiro atoms. The molecular formula is C20H24ClFN4O2. The number of piperazine rings is 1. The fourth-order valence-corrected chi connectivity index (χ4v) is 3.22. The van der Waals surface area contributed by atoms with Crippen LogP contribution in [0.15, 0.2) is 42.5 Å². The highest BCUT2D eigenvalue weighted by Gasteiger charge is 2.22. The third kappa shape index (κ3) is 5.05. The highest BCUT2D eigenvalue weighted by Crippen LogP contribution is 2.23. The second kappa shape index (κ2) is 9.61. The van der Waals surface area contributed by atoms with Crippen LogP contribution in [0.4, 0.5) is 20.6 Å². The van der Waals surface area contributed by atoms with E-state index >= 15 is 0 Å². The van der Waals surface area contributed by atoms with Crippen molar-refractivity contribution in [1.82, 2.24) is 9.80 Å². The van der Waals surface area contributed by atoms with E-state index in [2.05, 4.69) is 15.8 Å². The maximum absolute atomic E-state index is 14.9. The number of hydrazine groups is 1. The predicted molar refractivity (Wildman–Crippen MR) is 109 cm³/mol. The van der Waals surface area contributed by atoms with Crippen molar-refractivity contribution in [3.8, 4) is 0 Å². The summed E-state index contributed by atoms with van der Waals surface area (Å²) in [7, 11) is 0. The third-order valence-corrected chi connectivity index (χ3v) is 4.91. The molecule has 2 N–H and O–H groups in total. The maximum Gasteiger partial charge on any atom is 0.409 e. The minimum absolute atomic E-state index is 0.287. The predicted octanol–water partition coefficient (Wildman–Crippen LogP) is 4.19. The van der Waals surface area contributed by atoms with Crippen molar-refractivity contribution >= 4 is 29.1 Å². The fourth-order valence-electron chi connectivity index (χ4n) is 3.04. The first-order chi connectivity index (χ1) is 13.6. The summed E-state index contributed by atoms with van der Waals surface area (Å²) >= 11 is 6.10. The number of anilines is 2. The fraction of sp³-hybridized carbons (Fsp3) is 0.350. The van der Waals surface area contributed by atoms with Crippen molar-refractivity contribution in [2.24, 2.45) is 0 Å². The molecule has 8 heteroatoms. The van der Waals surface area contributed by atoms with Crippen molar-refractivity contribution in [3.05, 3.63) is 58.9 Å². The first-order valence-electron chi connectivity index (χ1n) is 9.26. The Bertz CT molecular complexity index is 813. The molecule has 150 valence electrons. The average Bonchev–Trinajstić information content (AvgIpc) is 2.70. The number of nitrogens with one attached hydrogen (secondary N) is 2. The number of amides is 1. The molecule has 0 unspecified atom stereocenters. The number of hydrogen-bond donors (Lipinski definition) is 2. The van der Waals surface area contributed by atoms with Crippen LogP contribution in [0.1, 0.15) is 12.5 Å². The summed E-state index contributed by atoms with van der Waals surface area (Å²) in [5.74, 6) is -0.310. The highest BCUT2D eigenvalue weighted by atomic mass is 35.5. The Labute approximate surface area is 169 Å². The van der Waals surface area contributed by atoms with E-state index in [4.69, 9.17) is 16.3 Å². The van der Waals surface area contributed by atoms with Gasteiger partial charge in [0.1, 0.15) is 0 Å². The molecule has 2 aromatic carbocycles. The Morgan fingerprint density at radius 3 is 2.46 bits per heavy atom. The maximum atomic E-state index is 14.9. The molecule has 1 aliphatic heterocycles. The lowest BCUT2D eigenvalue weighted by Gasteiger charge is -2.34. The lowest BCUT2D eigenvalue weighted by atomic mass is 10.1. The van der Waals surface area contributed by atoms with Crippen molar-refractivity contribution in [2.45, 2.75) is 13.5 Å². The van der Waals surface area contributed by atoms with Gasteiger partial charge in [-0.1, -0.05) is 35.9 Å². The van der Waals surface area contributed by atoms with E-state index in [1.165, 1.54) is 0 Å². The van der Waals surface area contributed by atoms with Gasteiger partial charge in [-0.3, -0.25) is 15.8 Å². The van der Waals surface area contributed by atoms with Crippen LogP contribution in [0, 0.1) is 5.82 Å². The van der Waals surface area contributed by atoms with Crippen molar-refractivity contribution in [1.29, 1.82) is 0 Å². The van der Waals surface area contributed by atoms with E-state index in [0.29, 0.717) is 61.3 Å². The zero-order valence-electron chi connectivity index (χ0n) is 15.8. The molecular weight excluding hydrogens is 383 g/mol. The van der Waals surface area contributed by atoms with Gasteiger partial charge in [-0.15, -0.1) is 0 Å². The molecule has 0 aromatic heterocycles. The molecule has 1 heterocycles. The van der Waals surface area contributed by atoms with E-state index in [0.717, 1.165) is 0 Å². The average molecular weight is 407 g/mol. The van der Waals surface area contributed by atoms with E-state index in [1.807, 2.05) is 18.2 Å². The first kappa shape index (κ1) is 20.2. The highest BCUT2D eigenvalue weighted by molar-refractivity contribution is 6.33. The summed E-state index contributed by atoms with van der Waals surface area (Å²) in [6.45, 7) is 5.13. The van der Waals surface area contributed by atoms with Gasteiger partial charge < -0.3 is 9.64 Å². The minimum Gasteiger partial charge on any atom is -0.450 e. The van der Waals surface area contributed by atoms with Gasteiger partial charge in [0.15, 0.2) is 5.82 Å². The normalized spacial score (nSPS) is 14.6. The smallest absolute Gasteiger partial charge is 0.409 e. The van der Waals surface area contributed by atoms with E-state index in [1.54, 1.807) is 36.1 Å². The van der Waals surface area contributed by atoms with E-state index < -0.39 is 0 Å². The Morgan fingerprint density at radius 2 is 1.75 bits per heavy atom. The van der Waals surface area contributed by atoms with Gasteiger partial charge in [0.05, 0.1) is 23.0 Å². The Kier molecular flexibility index (Phi) is 6.95. The van der Waals surface area contributed by atoms with Gasteiger partial charge >= 0.3 is 6.09 Å². The number of carbonyl (C=O) groups is 1. The van der Waals surface area contributed by atoms with Gasteiger partial charge in [-0.05, 0) is 25.1 Å². The lowest BCUT2D eigenvalue weighted by molar-refractivity contribution is 0.0775. The van der Waals surface area contributed by atoms with Crippen LogP contribution in [0.5, 0.6) is 0 Å². The minimum atomic E-state index is -0.310. The van der Waals surface area contributed by atoms with Gasteiger partial charge in [-0.25, -0.2) is 9.18 Å². The summed E-state index contributed by atoms with van der Waals surface area (Å²) in [5, 5.41) is 0.547. The van der Waals surface area contributed by atoms with Crippen LogP contribution in [0.3, 0.4) is 0 Å². The Hall–Kier alpha value is -2.51. The number of hydrogen-bond acceptors (Lipinski definition) is 5. The summed E-state index contributed by atoms with van der Waals surface area (Å²) < 4.78 is 19.9. The van der Waals surface area contributed by atoms with Crippen molar-refractivity contribution in [3.63, 3.8) is 0 Å². The second-order valence-electron chi connectivity index (χ2n) is 6.47. The molecule has 0 atom stereocenters. The van der Waals surface area contributed by atoms with Crippen LogP contribution in [-0.2, 0) is 11.3 Å². The quantitative estimate of drug-likeness (QED) is 0.704. The molecule has 2 aromatic rings. The van der Waals surface area contributed by atoms with Gasteiger partial charge in [0, 0.05) is 38.3 Å². The van der Waals surface area contributed by atoms with Crippen LogP contribution >= 0.6 is 11.6 Å². The number of rotatable bonds is 6. The summed E-state index contributed by atoms with van der Waals surface area (Å²) in [5.41, 5.74) is 7.44. The van der Waals surface area contributed by atoms with Crippen LogP contribution in [0.25, 0.3) is 0 Å². The topological polar surface area (TPSA) is 56.8 Å². The second-order valence-corrected chi connectivity index (χ2v) is 6.88. The summed E-state index contributed by atoms with van der Waals surface area (Å²) in [6.07, 6.45) is -0.287. The number of para-hydroxylation sites is 1. The van der Waals surface area contributed by atoms with Gasteiger partial charge in [0.2, 0.25) is 0 Å². The monoisotopic (exact) mass is 406 g/mol. The Morgan fingerprint density at radius 1 is 1.07 bits per heavy atom. The van der Waals surface area contributed by atoms with Crippen LogP contribution < -0.4 is 10.9 Å². The number of benzene rings is 2. The molecule has 1 saturated heterocycles. The molecule has 0 radical (unpaired) electrons. The van der Waals surface area contributed by atoms with Crippen molar-refractivity contribution in [2.75, 3.05) is 43.6 Å². The summed E-state index contributed by atoms with van der Waals surface area (Å²) in [4.78, 5) is 15.6. The summed E-state index contributed by atoms with van der Waals surface area (Å²) in [6, 6.07) is 12.5. The Balaban J connectivity index is 1.58. The number of nitrogens with zero attached hydrogens (tertiary/aromatic N) is 2. The standard InChI is InChI=1S/C20H24ClFN4O2/c1-2-28-20(27)26-12-10-25(11-13-26)14-15-6-5-9-18(19(15)22)24-23-17-8-4-3-7-16(17)21/h3-9,23-24H,2,10-14H2,1H3. The lowest BCUT2D eigenvalue weighted by Crippen LogP contribution is -2.48. The third-order valence-electron chi connectivity index (χ3n) is 4.58. The van der Waals surface area contributed by atoms with Crippen molar-refractivity contribution < 1.29 is 13.9 Å². The first-order valence-corrected chi connectivity index (χ1v) is 9.64. The van der Waals surface area contributed by atoms with Gasteiger partial charge in [-0.2, -0.15) is 0 Å². The molecule has 1 fully saturated rings. The number of carbonyl (C=O) groups excluding carboxylic acids is 1. The SMILES string of the molecule is CCOC(=O)N1CCN(Cc2cccc(NNc3ccccc3Cl)c2F)CC1. The van der Waals surface area contributed by atoms with E-state index in [-0.39, 0.29) is 11.9 Å². The molecule has 1 amide bonds. The molecule has 3 rings (SSSR count). The molecule has 6 nitrogen and oxygen atoms in total. The molecule has 0 saturated carbocycles. The zero-order valence-corrected chi connectivity index (χ0v) is 16.5. The number of ether oxygens (including phenoxy) is 1. The van der Waals surface area contributed by atoms with Crippen LogP contribution in [0.2, 0.25) is 5.02 Å².